The number of aryl methyl sites for hydroxylation is 2. The quantitative estimate of drug-likeness (QED) is 0.871. The number of ether oxygens (including phenoxy) is 1. The van der Waals surface area contributed by atoms with Gasteiger partial charge < -0.3 is 4.74 Å². The fourth-order valence-electron chi connectivity index (χ4n) is 2.88. The molecular formula is C18H22N2O2. The Balaban J connectivity index is 1.85. The van der Waals surface area contributed by atoms with Gasteiger partial charge in [0.1, 0.15) is 5.75 Å². The third-order valence-corrected chi connectivity index (χ3v) is 3.88. The molecule has 4 nitrogen and oxygen atoms in total. The Morgan fingerprint density at radius 3 is 2.86 bits per heavy atom. The fraction of sp³-hybridized carbons (Fsp3) is 0.444. The second-order valence-electron chi connectivity index (χ2n) is 6.13. The largest absolute Gasteiger partial charge is 0.491 e. The molecule has 0 fully saturated rings. The lowest BCUT2D eigenvalue weighted by Gasteiger charge is -2.16. The SMILES string of the molecule is CC(C)Oc1cccc(Cn2nc3c(cc2=O)CCCC3)c1. The highest BCUT2D eigenvalue weighted by atomic mass is 16.5. The van der Waals surface area contributed by atoms with Gasteiger partial charge >= 0.3 is 0 Å². The molecule has 22 heavy (non-hydrogen) atoms. The van der Waals surface area contributed by atoms with Crippen molar-refractivity contribution in [3.05, 3.63) is 57.5 Å². The summed E-state index contributed by atoms with van der Waals surface area (Å²) >= 11 is 0. The van der Waals surface area contributed by atoms with E-state index >= 15 is 0 Å². The molecule has 0 unspecified atom stereocenters. The Labute approximate surface area is 130 Å². The van der Waals surface area contributed by atoms with Crippen molar-refractivity contribution < 1.29 is 4.74 Å². The van der Waals surface area contributed by atoms with Gasteiger partial charge in [0, 0.05) is 6.07 Å². The molecule has 1 aliphatic rings. The Bertz CT molecular complexity index is 719. The van der Waals surface area contributed by atoms with E-state index in [0.717, 1.165) is 48.3 Å². The van der Waals surface area contributed by atoms with Gasteiger partial charge in [-0.15, -0.1) is 0 Å². The molecule has 1 aliphatic carbocycles. The molecule has 0 aliphatic heterocycles. The summed E-state index contributed by atoms with van der Waals surface area (Å²) < 4.78 is 7.27. The molecule has 116 valence electrons. The lowest BCUT2D eigenvalue weighted by atomic mass is 9.97. The minimum Gasteiger partial charge on any atom is -0.491 e. The number of benzene rings is 1. The fourth-order valence-corrected chi connectivity index (χ4v) is 2.88. The standard InChI is InChI=1S/C18H22N2O2/c1-13(2)22-16-8-5-6-14(10-16)12-20-18(21)11-15-7-3-4-9-17(15)19-20/h5-6,8,10-11,13H,3-4,7,9,12H2,1-2H3. The molecule has 0 radical (unpaired) electrons. The van der Waals surface area contributed by atoms with E-state index < -0.39 is 0 Å². The average Bonchev–Trinajstić information content (AvgIpc) is 2.48. The zero-order chi connectivity index (χ0) is 15.5. The van der Waals surface area contributed by atoms with E-state index in [1.165, 1.54) is 0 Å². The molecule has 0 saturated heterocycles. The molecule has 2 aromatic rings. The van der Waals surface area contributed by atoms with E-state index in [4.69, 9.17) is 4.74 Å². The third-order valence-electron chi connectivity index (χ3n) is 3.88. The second-order valence-corrected chi connectivity index (χ2v) is 6.13. The molecule has 0 bridgehead atoms. The number of aromatic nitrogens is 2. The van der Waals surface area contributed by atoms with Crippen LogP contribution in [0, 0.1) is 0 Å². The number of fused-ring (bicyclic) bond motifs is 1. The molecule has 0 N–H and O–H groups in total. The van der Waals surface area contributed by atoms with Crippen molar-refractivity contribution >= 4 is 0 Å². The zero-order valence-electron chi connectivity index (χ0n) is 13.2. The summed E-state index contributed by atoms with van der Waals surface area (Å²) in [7, 11) is 0. The van der Waals surface area contributed by atoms with Gasteiger partial charge in [0.2, 0.25) is 0 Å². The number of rotatable bonds is 4. The van der Waals surface area contributed by atoms with E-state index in [1.54, 1.807) is 10.7 Å². The summed E-state index contributed by atoms with van der Waals surface area (Å²) in [5.74, 6) is 0.832. The molecule has 0 atom stereocenters. The van der Waals surface area contributed by atoms with Crippen molar-refractivity contribution in [2.45, 2.75) is 52.2 Å². The average molecular weight is 298 g/mol. The van der Waals surface area contributed by atoms with Crippen LogP contribution in [0.2, 0.25) is 0 Å². The van der Waals surface area contributed by atoms with Gasteiger partial charge in [-0.2, -0.15) is 5.10 Å². The highest BCUT2D eigenvalue weighted by Crippen LogP contribution is 2.18. The van der Waals surface area contributed by atoms with Crippen molar-refractivity contribution in [3.63, 3.8) is 0 Å². The molecular weight excluding hydrogens is 276 g/mol. The van der Waals surface area contributed by atoms with Crippen LogP contribution in [0.25, 0.3) is 0 Å². The first-order valence-corrected chi connectivity index (χ1v) is 7.97. The zero-order valence-corrected chi connectivity index (χ0v) is 13.2. The first-order chi connectivity index (χ1) is 10.6. The molecule has 0 saturated carbocycles. The maximum atomic E-state index is 12.2. The first kappa shape index (κ1) is 14.8. The van der Waals surface area contributed by atoms with Crippen LogP contribution in [0.3, 0.4) is 0 Å². The maximum Gasteiger partial charge on any atom is 0.267 e. The molecule has 1 aromatic heterocycles. The smallest absolute Gasteiger partial charge is 0.267 e. The number of hydrogen-bond acceptors (Lipinski definition) is 3. The van der Waals surface area contributed by atoms with Crippen molar-refractivity contribution in [2.24, 2.45) is 0 Å². The van der Waals surface area contributed by atoms with Gasteiger partial charge in [-0.1, -0.05) is 12.1 Å². The summed E-state index contributed by atoms with van der Waals surface area (Å²) in [6.07, 6.45) is 4.42. The van der Waals surface area contributed by atoms with Crippen molar-refractivity contribution in [1.29, 1.82) is 0 Å². The van der Waals surface area contributed by atoms with Crippen LogP contribution >= 0.6 is 0 Å². The highest BCUT2D eigenvalue weighted by molar-refractivity contribution is 5.29. The summed E-state index contributed by atoms with van der Waals surface area (Å²) in [4.78, 5) is 12.2. The minimum absolute atomic E-state index is 0.0177. The van der Waals surface area contributed by atoms with Crippen LogP contribution in [-0.4, -0.2) is 15.9 Å². The summed E-state index contributed by atoms with van der Waals surface area (Å²) in [5.41, 5.74) is 3.23. The number of nitrogens with zero attached hydrogens (tertiary/aromatic N) is 2. The summed E-state index contributed by atoms with van der Waals surface area (Å²) in [5, 5.41) is 4.56. The van der Waals surface area contributed by atoms with Crippen LogP contribution in [-0.2, 0) is 19.4 Å². The van der Waals surface area contributed by atoms with Gasteiger partial charge in [0.15, 0.2) is 0 Å². The van der Waals surface area contributed by atoms with Gasteiger partial charge in [0.05, 0.1) is 18.3 Å². The van der Waals surface area contributed by atoms with E-state index in [2.05, 4.69) is 5.10 Å². The van der Waals surface area contributed by atoms with Gasteiger partial charge in [-0.25, -0.2) is 4.68 Å². The maximum absolute atomic E-state index is 12.2. The Kier molecular flexibility index (Phi) is 4.27. The normalized spacial score (nSPS) is 14.0. The van der Waals surface area contributed by atoms with E-state index in [9.17, 15) is 4.79 Å². The highest BCUT2D eigenvalue weighted by Gasteiger charge is 2.13. The van der Waals surface area contributed by atoms with Crippen LogP contribution in [0.4, 0.5) is 0 Å². The Hall–Kier alpha value is -2.10. The number of hydrogen-bond donors (Lipinski definition) is 0. The predicted octanol–water partition coefficient (Wildman–Crippen LogP) is 2.96. The molecule has 1 heterocycles. The Morgan fingerprint density at radius 1 is 1.23 bits per heavy atom. The first-order valence-electron chi connectivity index (χ1n) is 7.97. The molecule has 3 rings (SSSR count). The van der Waals surface area contributed by atoms with Crippen LogP contribution in [0.1, 0.15) is 43.5 Å². The molecule has 0 amide bonds. The third kappa shape index (κ3) is 3.38. The minimum atomic E-state index is -0.0177. The van der Waals surface area contributed by atoms with Crippen LogP contribution < -0.4 is 10.3 Å². The molecule has 4 heteroatoms. The van der Waals surface area contributed by atoms with Crippen LogP contribution in [0.15, 0.2) is 35.1 Å². The lowest BCUT2D eigenvalue weighted by molar-refractivity contribution is 0.242. The summed E-state index contributed by atoms with van der Waals surface area (Å²) in [6, 6.07) is 9.63. The second kappa shape index (κ2) is 6.34. The van der Waals surface area contributed by atoms with Crippen molar-refractivity contribution in [3.8, 4) is 5.75 Å². The summed E-state index contributed by atoms with van der Waals surface area (Å²) in [6.45, 7) is 4.49. The topological polar surface area (TPSA) is 44.1 Å². The lowest BCUT2D eigenvalue weighted by Crippen LogP contribution is -2.26. The monoisotopic (exact) mass is 298 g/mol. The van der Waals surface area contributed by atoms with Crippen molar-refractivity contribution in [2.75, 3.05) is 0 Å². The predicted molar refractivity (Wildman–Crippen MR) is 86.4 cm³/mol. The van der Waals surface area contributed by atoms with Gasteiger partial charge in [-0.3, -0.25) is 4.79 Å². The van der Waals surface area contributed by atoms with E-state index in [1.807, 2.05) is 38.1 Å². The molecule has 1 aromatic carbocycles. The van der Waals surface area contributed by atoms with E-state index in [-0.39, 0.29) is 11.7 Å². The molecule has 0 spiro atoms. The Morgan fingerprint density at radius 2 is 2.05 bits per heavy atom. The van der Waals surface area contributed by atoms with Crippen molar-refractivity contribution in [1.82, 2.24) is 9.78 Å². The van der Waals surface area contributed by atoms with Gasteiger partial charge in [-0.05, 0) is 62.8 Å². The van der Waals surface area contributed by atoms with Crippen LogP contribution in [0.5, 0.6) is 5.75 Å². The van der Waals surface area contributed by atoms with E-state index in [0.29, 0.717) is 6.54 Å². The van der Waals surface area contributed by atoms with Gasteiger partial charge in [0.25, 0.3) is 5.56 Å².